The van der Waals surface area contributed by atoms with Crippen LogP contribution in [-0.2, 0) is 21.4 Å². The quantitative estimate of drug-likeness (QED) is 0.527. The van der Waals surface area contributed by atoms with Crippen molar-refractivity contribution in [3.05, 3.63) is 58.4 Å². The first-order chi connectivity index (χ1) is 15.7. The van der Waals surface area contributed by atoms with E-state index in [1.807, 2.05) is 6.92 Å². The van der Waals surface area contributed by atoms with Gasteiger partial charge in [0.25, 0.3) is 5.91 Å². The monoisotopic (exact) mass is 485 g/mol. The van der Waals surface area contributed by atoms with Gasteiger partial charge < -0.3 is 4.57 Å². The van der Waals surface area contributed by atoms with Crippen LogP contribution in [0.2, 0.25) is 0 Å². The third-order valence-corrected chi connectivity index (χ3v) is 9.31. The van der Waals surface area contributed by atoms with Gasteiger partial charge in [0.1, 0.15) is 0 Å². The molecule has 1 aliphatic rings. The Balaban J connectivity index is 1.52. The van der Waals surface area contributed by atoms with Gasteiger partial charge in [0.2, 0.25) is 10.0 Å². The summed E-state index contributed by atoms with van der Waals surface area (Å²) in [6.45, 7) is 9.73. The van der Waals surface area contributed by atoms with Crippen LogP contribution in [0.5, 0.6) is 0 Å². The Bertz CT molecular complexity index is 1330. The fourth-order valence-corrected chi connectivity index (χ4v) is 6.85. The number of nitrogens with zero attached hydrogens (tertiary/aromatic N) is 3. The van der Waals surface area contributed by atoms with E-state index in [0.29, 0.717) is 41.5 Å². The van der Waals surface area contributed by atoms with Gasteiger partial charge >= 0.3 is 0 Å². The Labute approximate surface area is 199 Å². The minimum Gasteiger partial charge on any atom is -0.317 e. The lowest BCUT2D eigenvalue weighted by Crippen LogP contribution is -2.40. The average molecular weight is 486 g/mol. The molecule has 1 aliphatic heterocycles. The molecule has 0 atom stereocenters. The predicted molar refractivity (Wildman–Crippen MR) is 133 cm³/mol. The molecule has 1 fully saturated rings. The van der Waals surface area contributed by atoms with Gasteiger partial charge in [-0.3, -0.25) is 4.79 Å². The molecule has 8 heteroatoms. The fraction of sp³-hybridized carbons (Fsp3) is 0.440. The number of hydrogen-bond acceptors (Lipinski definition) is 4. The Morgan fingerprint density at radius 2 is 1.79 bits per heavy atom. The Morgan fingerprint density at radius 1 is 1.12 bits per heavy atom. The topological polar surface area (TPSA) is 71.7 Å². The summed E-state index contributed by atoms with van der Waals surface area (Å²) >= 11 is 1.54. The Hall–Kier alpha value is -2.29. The van der Waals surface area contributed by atoms with Gasteiger partial charge in [0.05, 0.1) is 15.1 Å². The van der Waals surface area contributed by atoms with Crippen LogP contribution in [0, 0.1) is 12.8 Å². The van der Waals surface area contributed by atoms with Gasteiger partial charge in [-0.05, 0) is 62.4 Å². The summed E-state index contributed by atoms with van der Waals surface area (Å²) in [4.78, 5) is 18.5. The maximum Gasteiger partial charge on any atom is 0.251 e. The number of sulfonamides is 1. The van der Waals surface area contributed by atoms with Gasteiger partial charge in [-0.15, -0.1) is 0 Å². The molecular formula is C25H31N3O3S2. The van der Waals surface area contributed by atoms with Crippen LogP contribution in [-0.4, -0.2) is 36.3 Å². The number of piperidine rings is 1. The lowest BCUT2D eigenvalue weighted by molar-refractivity contribution is -0.122. The van der Waals surface area contributed by atoms with Crippen molar-refractivity contribution in [2.45, 2.75) is 57.9 Å². The maximum absolute atomic E-state index is 13.0. The van der Waals surface area contributed by atoms with E-state index in [-0.39, 0.29) is 11.8 Å². The third kappa shape index (κ3) is 4.83. The van der Waals surface area contributed by atoms with E-state index in [1.165, 1.54) is 9.87 Å². The van der Waals surface area contributed by atoms with Gasteiger partial charge in [-0.25, -0.2) is 8.42 Å². The van der Waals surface area contributed by atoms with Crippen molar-refractivity contribution in [3.8, 4) is 0 Å². The van der Waals surface area contributed by atoms with Crippen molar-refractivity contribution in [1.82, 2.24) is 8.87 Å². The smallest absolute Gasteiger partial charge is 0.251 e. The summed E-state index contributed by atoms with van der Waals surface area (Å²) in [5.41, 5.74) is 3.38. The van der Waals surface area contributed by atoms with E-state index in [1.54, 1.807) is 35.6 Å². The molecule has 6 nitrogen and oxygen atoms in total. The molecule has 0 N–H and O–H groups in total. The van der Waals surface area contributed by atoms with Crippen LogP contribution in [0.4, 0.5) is 0 Å². The number of carbonyl (C=O) groups excluding carboxylic acids is 1. The number of carbonyl (C=O) groups is 1. The molecule has 0 radical (unpaired) electrons. The largest absolute Gasteiger partial charge is 0.317 e. The van der Waals surface area contributed by atoms with Gasteiger partial charge in [0.15, 0.2) is 4.80 Å². The normalized spacial score (nSPS) is 16.7. The summed E-state index contributed by atoms with van der Waals surface area (Å²) in [6.07, 6.45) is 0.976. The van der Waals surface area contributed by atoms with E-state index >= 15 is 0 Å². The zero-order chi connectivity index (χ0) is 23.8. The van der Waals surface area contributed by atoms with E-state index in [2.05, 4.69) is 48.5 Å². The molecular weight excluding hydrogens is 454 g/mol. The van der Waals surface area contributed by atoms with Crippen molar-refractivity contribution >= 4 is 37.5 Å². The lowest BCUT2D eigenvalue weighted by Gasteiger charge is -2.29. The predicted octanol–water partition coefficient (Wildman–Crippen LogP) is 4.68. The van der Waals surface area contributed by atoms with Gasteiger partial charge in [-0.1, -0.05) is 48.9 Å². The molecule has 33 heavy (non-hydrogen) atoms. The number of aryl methyl sites for hydroxylation is 2. The van der Waals surface area contributed by atoms with Crippen molar-refractivity contribution in [1.29, 1.82) is 0 Å². The molecule has 2 aromatic carbocycles. The van der Waals surface area contributed by atoms with Crippen molar-refractivity contribution < 1.29 is 13.2 Å². The molecule has 1 amide bonds. The van der Waals surface area contributed by atoms with Crippen LogP contribution in [0.15, 0.2) is 52.4 Å². The minimum atomic E-state index is -3.54. The number of fused-ring (bicyclic) bond motifs is 1. The van der Waals surface area contributed by atoms with Crippen LogP contribution >= 0.6 is 11.3 Å². The number of benzene rings is 2. The van der Waals surface area contributed by atoms with Crippen LogP contribution in [0.25, 0.3) is 10.2 Å². The first kappa shape index (κ1) is 23.9. The average Bonchev–Trinajstić information content (AvgIpc) is 3.15. The van der Waals surface area contributed by atoms with E-state index in [0.717, 1.165) is 22.3 Å². The standard InChI is InChI=1S/C25H31N3O3S2/c1-5-28-22-11-8-20(17(2)3)16-23(22)32-25(28)26-24(29)19-12-14-27(15-13-19)33(30,31)21-9-6-18(4)7-10-21/h6-11,16-17,19H,5,12-15H2,1-4H3. The second-order valence-electron chi connectivity index (χ2n) is 8.95. The van der Waals surface area contributed by atoms with Gasteiger partial charge in [0, 0.05) is 25.6 Å². The second kappa shape index (κ2) is 9.52. The van der Waals surface area contributed by atoms with Crippen molar-refractivity contribution in [3.63, 3.8) is 0 Å². The highest BCUT2D eigenvalue weighted by Crippen LogP contribution is 2.26. The molecule has 176 valence electrons. The Morgan fingerprint density at radius 3 is 2.39 bits per heavy atom. The summed E-state index contributed by atoms with van der Waals surface area (Å²) < 4.78 is 30.6. The molecule has 0 spiro atoms. The van der Waals surface area contributed by atoms with E-state index in [9.17, 15) is 13.2 Å². The molecule has 2 heterocycles. The lowest BCUT2D eigenvalue weighted by atomic mass is 9.98. The SMILES string of the molecule is CCn1c(=NC(=O)C2CCN(S(=O)(=O)c3ccc(C)cc3)CC2)sc2cc(C(C)C)ccc21. The fourth-order valence-electron chi connectivity index (χ4n) is 4.23. The van der Waals surface area contributed by atoms with E-state index < -0.39 is 10.0 Å². The first-order valence-corrected chi connectivity index (χ1v) is 13.7. The summed E-state index contributed by atoms with van der Waals surface area (Å²) in [6, 6.07) is 13.3. The summed E-state index contributed by atoms with van der Waals surface area (Å²) in [5, 5.41) is 0. The zero-order valence-corrected chi connectivity index (χ0v) is 21.2. The Kier molecular flexibility index (Phi) is 6.88. The highest BCUT2D eigenvalue weighted by molar-refractivity contribution is 7.89. The number of hydrogen-bond donors (Lipinski definition) is 0. The van der Waals surface area contributed by atoms with Crippen LogP contribution in [0.1, 0.15) is 50.7 Å². The zero-order valence-electron chi connectivity index (χ0n) is 19.6. The second-order valence-corrected chi connectivity index (χ2v) is 11.9. The molecule has 1 saturated heterocycles. The van der Waals surface area contributed by atoms with Crippen LogP contribution < -0.4 is 4.80 Å². The summed E-state index contributed by atoms with van der Waals surface area (Å²) in [7, 11) is -3.54. The maximum atomic E-state index is 13.0. The number of rotatable bonds is 5. The summed E-state index contributed by atoms with van der Waals surface area (Å²) in [5.74, 6) is 0.0337. The first-order valence-electron chi connectivity index (χ1n) is 11.5. The minimum absolute atomic E-state index is 0.153. The van der Waals surface area contributed by atoms with Crippen molar-refractivity contribution in [2.24, 2.45) is 10.9 Å². The molecule has 0 saturated carbocycles. The van der Waals surface area contributed by atoms with E-state index in [4.69, 9.17) is 0 Å². The third-order valence-electron chi connectivity index (χ3n) is 6.36. The highest BCUT2D eigenvalue weighted by Gasteiger charge is 2.32. The molecule has 0 aliphatic carbocycles. The molecule has 0 bridgehead atoms. The molecule has 0 unspecified atom stereocenters. The molecule has 3 aromatic rings. The number of thiazole rings is 1. The number of amides is 1. The molecule has 1 aromatic heterocycles. The molecule has 4 rings (SSSR count). The number of aromatic nitrogens is 1. The van der Waals surface area contributed by atoms with Gasteiger partial charge in [-0.2, -0.15) is 9.30 Å². The van der Waals surface area contributed by atoms with Crippen molar-refractivity contribution in [2.75, 3.05) is 13.1 Å². The van der Waals surface area contributed by atoms with Crippen LogP contribution in [0.3, 0.4) is 0 Å². The highest BCUT2D eigenvalue weighted by atomic mass is 32.2.